The van der Waals surface area contributed by atoms with Crippen molar-refractivity contribution < 1.29 is 9.59 Å². The van der Waals surface area contributed by atoms with Gasteiger partial charge in [0.15, 0.2) is 0 Å². The molecule has 6 heteroatoms. The van der Waals surface area contributed by atoms with Gasteiger partial charge in [-0.25, -0.2) is 0 Å². The van der Waals surface area contributed by atoms with Crippen molar-refractivity contribution in [2.75, 3.05) is 13.1 Å². The Kier molecular flexibility index (Phi) is 5.31. The van der Waals surface area contributed by atoms with E-state index < -0.39 is 11.8 Å². The van der Waals surface area contributed by atoms with E-state index in [-0.39, 0.29) is 12.1 Å². The van der Waals surface area contributed by atoms with Crippen LogP contribution in [0.5, 0.6) is 0 Å². The average Bonchev–Trinajstić information content (AvgIpc) is 2.57. The van der Waals surface area contributed by atoms with Gasteiger partial charge in [0.2, 0.25) is 0 Å². The predicted molar refractivity (Wildman–Crippen MR) is 84.4 cm³/mol. The Morgan fingerprint density at radius 3 is 1.36 bits per heavy atom. The van der Waals surface area contributed by atoms with Gasteiger partial charge in [-0.2, -0.15) is 0 Å². The highest BCUT2D eigenvalue weighted by Gasteiger charge is 2.34. The third-order valence-electron chi connectivity index (χ3n) is 5.31. The molecular formula is C16H28N4O2. The summed E-state index contributed by atoms with van der Waals surface area (Å²) in [5.74, 6) is -0.948. The molecule has 0 aromatic heterocycles. The van der Waals surface area contributed by atoms with Crippen molar-refractivity contribution in [3.05, 3.63) is 0 Å². The zero-order valence-corrected chi connectivity index (χ0v) is 13.2. The van der Waals surface area contributed by atoms with Gasteiger partial charge >= 0.3 is 11.8 Å². The topological polar surface area (TPSA) is 82.3 Å². The highest BCUT2D eigenvalue weighted by atomic mass is 16.2. The second-order valence-electron chi connectivity index (χ2n) is 6.85. The Hall–Kier alpha value is -1.14. The lowest BCUT2D eigenvalue weighted by molar-refractivity contribution is -0.143. The molecule has 0 spiro atoms. The van der Waals surface area contributed by atoms with Crippen molar-refractivity contribution in [2.24, 2.45) is 0 Å². The molecule has 2 heterocycles. The number of hydrogen-bond acceptors (Lipinski definition) is 4. The number of nitrogens with one attached hydrogen (secondary N) is 4. The predicted octanol–water partition coefficient (Wildman–Crippen LogP) is 0.0340. The smallest absolute Gasteiger partial charge is 0.309 e. The molecule has 0 bridgehead atoms. The summed E-state index contributed by atoms with van der Waals surface area (Å²) < 4.78 is 0. The highest BCUT2D eigenvalue weighted by molar-refractivity contribution is 6.35. The highest BCUT2D eigenvalue weighted by Crippen LogP contribution is 2.20. The number of carbonyl (C=O) groups is 2. The zero-order chi connectivity index (χ0) is 15.4. The molecule has 4 fully saturated rings. The van der Waals surface area contributed by atoms with Crippen molar-refractivity contribution in [3.8, 4) is 0 Å². The lowest BCUT2D eigenvalue weighted by Gasteiger charge is -2.37. The van der Waals surface area contributed by atoms with Crippen molar-refractivity contribution >= 4 is 11.8 Å². The molecule has 0 radical (unpaired) electrons. The molecular weight excluding hydrogens is 280 g/mol. The molecule has 2 aliphatic heterocycles. The monoisotopic (exact) mass is 308 g/mol. The van der Waals surface area contributed by atoms with E-state index in [0.717, 1.165) is 37.8 Å². The maximum atomic E-state index is 10.9. The molecule has 2 saturated carbocycles. The fourth-order valence-electron chi connectivity index (χ4n) is 4.08. The maximum absolute atomic E-state index is 10.9. The second-order valence-corrected chi connectivity index (χ2v) is 6.85. The Morgan fingerprint density at radius 1 is 0.591 bits per heavy atom. The van der Waals surface area contributed by atoms with E-state index >= 15 is 0 Å². The summed E-state index contributed by atoms with van der Waals surface area (Å²) in [6.07, 6.45) is 9.92. The molecule has 4 N–H and O–H groups in total. The number of piperazine rings is 2. The van der Waals surface area contributed by atoms with E-state index in [2.05, 4.69) is 21.3 Å². The normalized spacial score (nSPS) is 37.6. The Bertz CT molecular complexity index is 365. The lowest BCUT2D eigenvalue weighted by atomic mass is 9.89. The van der Waals surface area contributed by atoms with Crippen LogP contribution in [0.3, 0.4) is 0 Å². The molecule has 4 aliphatic rings. The molecule has 2 aliphatic carbocycles. The average molecular weight is 308 g/mol. The minimum atomic E-state index is -0.474. The van der Waals surface area contributed by atoms with Gasteiger partial charge in [0, 0.05) is 37.3 Å². The second kappa shape index (κ2) is 7.42. The minimum absolute atomic E-state index is 0.184. The number of amides is 2. The summed E-state index contributed by atoms with van der Waals surface area (Å²) in [6.45, 7) is 2.34. The van der Waals surface area contributed by atoms with Crippen LogP contribution in [0.4, 0.5) is 0 Å². The number of carbonyl (C=O) groups excluding carboxylic acids is 2. The Balaban J connectivity index is 0.000000133. The molecule has 0 unspecified atom stereocenters. The van der Waals surface area contributed by atoms with Gasteiger partial charge in [-0.05, 0) is 25.7 Å². The first-order valence-corrected chi connectivity index (χ1v) is 8.82. The van der Waals surface area contributed by atoms with E-state index in [0.29, 0.717) is 0 Å². The lowest BCUT2D eigenvalue weighted by Crippen LogP contribution is -2.62. The number of hydrogen-bond donors (Lipinski definition) is 4. The standard InChI is InChI=1S/C8H12N2O2.C8H16N2/c11-7-8(12)10-6-4-2-1-3-5(6)9-7;1-2-4-8-7(3-1)9-5-6-10-8/h5-6H,1-4H2,(H,9,11)(H,10,12);7-10H,1-6H2/t5-,6+;7-,8+. The summed E-state index contributed by atoms with van der Waals surface area (Å²) >= 11 is 0. The van der Waals surface area contributed by atoms with E-state index in [1.165, 1.54) is 38.8 Å². The zero-order valence-electron chi connectivity index (χ0n) is 13.2. The quantitative estimate of drug-likeness (QED) is 0.476. The van der Waals surface area contributed by atoms with Crippen LogP contribution in [0, 0.1) is 0 Å². The van der Waals surface area contributed by atoms with Crippen LogP contribution in [0.1, 0.15) is 51.4 Å². The van der Waals surface area contributed by atoms with Crippen LogP contribution < -0.4 is 21.3 Å². The van der Waals surface area contributed by atoms with Crippen molar-refractivity contribution in [3.63, 3.8) is 0 Å². The van der Waals surface area contributed by atoms with Gasteiger partial charge in [0.25, 0.3) is 0 Å². The third kappa shape index (κ3) is 3.79. The Labute approximate surface area is 132 Å². The minimum Gasteiger partial charge on any atom is -0.343 e. The van der Waals surface area contributed by atoms with Crippen LogP contribution >= 0.6 is 0 Å². The van der Waals surface area contributed by atoms with Gasteiger partial charge < -0.3 is 21.3 Å². The van der Waals surface area contributed by atoms with Crippen LogP contribution in [-0.4, -0.2) is 49.1 Å². The summed E-state index contributed by atoms with van der Waals surface area (Å²) in [6, 6.07) is 1.96. The van der Waals surface area contributed by atoms with Crippen LogP contribution in [0.2, 0.25) is 0 Å². The van der Waals surface area contributed by atoms with Crippen molar-refractivity contribution in [2.45, 2.75) is 75.5 Å². The third-order valence-corrected chi connectivity index (χ3v) is 5.31. The maximum Gasteiger partial charge on any atom is 0.309 e. The molecule has 6 nitrogen and oxygen atoms in total. The number of rotatable bonds is 0. The molecule has 2 amide bonds. The summed E-state index contributed by atoms with van der Waals surface area (Å²) in [5.41, 5.74) is 0. The van der Waals surface area contributed by atoms with Gasteiger partial charge in [-0.3, -0.25) is 9.59 Å². The molecule has 0 aromatic rings. The van der Waals surface area contributed by atoms with Gasteiger partial charge in [-0.15, -0.1) is 0 Å². The van der Waals surface area contributed by atoms with E-state index in [9.17, 15) is 9.59 Å². The molecule has 4 rings (SSSR count). The van der Waals surface area contributed by atoms with Crippen LogP contribution in [0.15, 0.2) is 0 Å². The van der Waals surface area contributed by atoms with Crippen LogP contribution in [-0.2, 0) is 9.59 Å². The van der Waals surface area contributed by atoms with E-state index in [1.807, 2.05) is 0 Å². The molecule has 22 heavy (non-hydrogen) atoms. The number of fused-ring (bicyclic) bond motifs is 2. The van der Waals surface area contributed by atoms with Crippen molar-refractivity contribution in [1.82, 2.24) is 21.3 Å². The van der Waals surface area contributed by atoms with E-state index in [1.54, 1.807) is 0 Å². The van der Waals surface area contributed by atoms with Crippen molar-refractivity contribution in [1.29, 1.82) is 0 Å². The van der Waals surface area contributed by atoms with Gasteiger partial charge in [-0.1, -0.05) is 25.7 Å². The summed E-state index contributed by atoms with van der Waals surface area (Å²) in [4.78, 5) is 21.9. The summed E-state index contributed by atoms with van der Waals surface area (Å²) in [5, 5.41) is 12.6. The van der Waals surface area contributed by atoms with E-state index in [4.69, 9.17) is 0 Å². The molecule has 4 atom stereocenters. The molecule has 0 aromatic carbocycles. The fraction of sp³-hybridized carbons (Fsp3) is 0.875. The first-order valence-electron chi connectivity index (χ1n) is 8.82. The largest absolute Gasteiger partial charge is 0.343 e. The first-order chi connectivity index (χ1) is 10.7. The summed E-state index contributed by atoms with van der Waals surface area (Å²) in [7, 11) is 0. The SMILES string of the molecule is C1CC[C@H]2NCCN[C@H]2C1.O=C1N[C@H]2CCCC[C@H]2NC1=O. The van der Waals surface area contributed by atoms with Crippen LogP contribution in [0.25, 0.3) is 0 Å². The molecule has 2 saturated heterocycles. The molecule has 124 valence electrons. The fourth-order valence-corrected chi connectivity index (χ4v) is 4.08. The Morgan fingerprint density at radius 2 is 0.955 bits per heavy atom. The van der Waals surface area contributed by atoms with Gasteiger partial charge in [0.05, 0.1) is 0 Å². The first kappa shape index (κ1) is 15.7. The van der Waals surface area contributed by atoms with Gasteiger partial charge in [0.1, 0.15) is 0 Å².